The molecule has 0 bridgehead atoms. The van der Waals surface area contributed by atoms with Gasteiger partial charge in [0.2, 0.25) is 5.91 Å². The number of amides is 2. The number of nitrogens with zero attached hydrogens (tertiary/aromatic N) is 2. The van der Waals surface area contributed by atoms with Crippen molar-refractivity contribution in [1.29, 1.82) is 0 Å². The summed E-state index contributed by atoms with van der Waals surface area (Å²) >= 11 is 3.41. The van der Waals surface area contributed by atoms with Gasteiger partial charge in [0, 0.05) is 17.2 Å². The summed E-state index contributed by atoms with van der Waals surface area (Å²) in [7, 11) is 1.30. The minimum absolute atomic E-state index is 0.0193. The van der Waals surface area contributed by atoms with E-state index in [1.54, 1.807) is 0 Å². The highest BCUT2D eigenvalue weighted by molar-refractivity contribution is 9.10. The monoisotopic (exact) mass is 423 g/mol. The van der Waals surface area contributed by atoms with Crippen LogP contribution in [0.5, 0.6) is 0 Å². The molecule has 7 heteroatoms. The molecule has 1 aliphatic heterocycles. The standard InChI is InChI=1S/C19H26BrN3O3/c1-13(2)17(22-19(25)26-3)18(24)23-10-4-5-16(23)12-21-11-14-6-8-15(20)9-7-14/h6-9,11,13,16-17H,4-5,10,12H2,1-3H3,(H,22,25). The highest BCUT2D eigenvalue weighted by Crippen LogP contribution is 2.20. The molecule has 142 valence electrons. The van der Waals surface area contributed by atoms with E-state index >= 15 is 0 Å². The van der Waals surface area contributed by atoms with Crippen molar-refractivity contribution >= 4 is 34.1 Å². The molecule has 1 saturated heterocycles. The van der Waals surface area contributed by atoms with Crippen molar-refractivity contribution in [1.82, 2.24) is 10.2 Å². The Morgan fingerprint density at radius 3 is 2.69 bits per heavy atom. The maximum absolute atomic E-state index is 12.9. The molecule has 1 aliphatic rings. The van der Waals surface area contributed by atoms with E-state index in [0.29, 0.717) is 13.1 Å². The second-order valence-electron chi connectivity index (χ2n) is 6.73. The highest BCUT2D eigenvalue weighted by atomic mass is 79.9. The minimum atomic E-state index is -0.585. The van der Waals surface area contributed by atoms with E-state index in [2.05, 4.69) is 31.0 Å². The topological polar surface area (TPSA) is 71.0 Å². The zero-order valence-electron chi connectivity index (χ0n) is 15.4. The predicted molar refractivity (Wildman–Crippen MR) is 106 cm³/mol. The fourth-order valence-corrected chi connectivity index (χ4v) is 3.29. The number of hydrogen-bond acceptors (Lipinski definition) is 4. The fraction of sp³-hybridized carbons (Fsp3) is 0.526. The van der Waals surface area contributed by atoms with Gasteiger partial charge >= 0.3 is 6.09 Å². The second kappa shape index (κ2) is 9.71. The van der Waals surface area contributed by atoms with E-state index in [1.165, 1.54) is 7.11 Å². The van der Waals surface area contributed by atoms with Crippen LogP contribution in [0.2, 0.25) is 0 Å². The van der Waals surface area contributed by atoms with E-state index in [4.69, 9.17) is 0 Å². The SMILES string of the molecule is COC(=O)NC(C(=O)N1CCCC1CN=Cc1ccc(Br)cc1)C(C)C. The average Bonchev–Trinajstić information content (AvgIpc) is 3.08. The van der Waals surface area contributed by atoms with Gasteiger partial charge in [-0.05, 0) is 36.5 Å². The number of aliphatic imine (C=N–C) groups is 1. The summed E-state index contributed by atoms with van der Waals surface area (Å²) < 4.78 is 5.67. The Bertz CT molecular complexity index is 646. The first-order chi connectivity index (χ1) is 12.4. The minimum Gasteiger partial charge on any atom is -0.453 e. The molecule has 0 saturated carbocycles. The number of likely N-dealkylation sites (tertiary alicyclic amines) is 1. The molecule has 0 aliphatic carbocycles. The number of nitrogens with one attached hydrogen (secondary N) is 1. The van der Waals surface area contributed by atoms with Gasteiger partial charge in [-0.2, -0.15) is 0 Å². The van der Waals surface area contributed by atoms with Gasteiger partial charge in [0.05, 0.1) is 19.7 Å². The summed E-state index contributed by atoms with van der Waals surface area (Å²) in [5.74, 6) is -0.0825. The van der Waals surface area contributed by atoms with Crippen LogP contribution >= 0.6 is 15.9 Å². The molecule has 26 heavy (non-hydrogen) atoms. The molecule has 2 atom stereocenters. The Hall–Kier alpha value is -1.89. The fourth-order valence-electron chi connectivity index (χ4n) is 3.02. The van der Waals surface area contributed by atoms with Crippen molar-refractivity contribution in [3.8, 4) is 0 Å². The average molecular weight is 424 g/mol. The third kappa shape index (κ3) is 5.56. The molecule has 2 unspecified atom stereocenters. The third-order valence-electron chi connectivity index (χ3n) is 4.48. The number of methoxy groups -OCH3 is 1. The number of hydrogen-bond donors (Lipinski definition) is 1. The number of alkyl carbamates (subject to hydrolysis) is 1. The van der Waals surface area contributed by atoms with Crippen molar-refractivity contribution in [2.24, 2.45) is 10.9 Å². The van der Waals surface area contributed by atoms with E-state index in [-0.39, 0.29) is 17.9 Å². The smallest absolute Gasteiger partial charge is 0.407 e. The summed E-state index contributed by atoms with van der Waals surface area (Å²) in [4.78, 5) is 30.8. The van der Waals surface area contributed by atoms with Gasteiger partial charge in [0.15, 0.2) is 0 Å². The Labute approximate surface area is 163 Å². The van der Waals surface area contributed by atoms with Crippen LogP contribution in [0, 0.1) is 5.92 Å². The molecule has 1 aromatic rings. The predicted octanol–water partition coefficient (Wildman–Crippen LogP) is 3.24. The third-order valence-corrected chi connectivity index (χ3v) is 5.01. The molecule has 1 heterocycles. The van der Waals surface area contributed by atoms with Gasteiger partial charge in [-0.3, -0.25) is 9.79 Å². The Morgan fingerprint density at radius 2 is 2.08 bits per heavy atom. The van der Waals surface area contributed by atoms with Gasteiger partial charge in [0.25, 0.3) is 0 Å². The van der Waals surface area contributed by atoms with Crippen LogP contribution in [0.3, 0.4) is 0 Å². The number of ether oxygens (including phenoxy) is 1. The molecule has 1 fully saturated rings. The maximum Gasteiger partial charge on any atom is 0.407 e. The van der Waals surface area contributed by atoms with Crippen LogP contribution in [0.15, 0.2) is 33.7 Å². The van der Waals surface area contributed by atoms with Crippen molar-refractivity contribution in [2.45, 2.75) is 38.8 Å². The summed E-state index contributed by atoms with van der Waals surface area (Å²) in [6, 6.07) is 7.39. The number of benzene rings is 1. The summed E-state index contributed by atoms with van der Waals surface area (Å²) in [5.41, 5.74) is 1.02. The Morgan fingerprint density at radius 1 is 1.38 bits per heavy atom. The molecular formula is C19H26BrN3O3. The lowest BCUT2D eigenvalue weighted by Crippen LogP contribution is -2.52. The Kier molecular flexibility index (Phi) is 7.63. The molecular weight excluding hydrogens is 398 g/mol. The van der Waals surface area contributed by atoms with Crippen LogP contribution in [0.4, 0.5) is 4.79 Å². The van der Waals surface area contributed by atoms with E-state index in [1.807, 2.05) is 49.2 Å². The molecule has 2 amide bonds. The first-order valence-electron chi connectivity index (χ1n) is 8.82. The maximum atomic E-state index is 12.9. The molecule has 1 N–H and O–H groups in total. The van der Waals surface area contributed by atoms with Crippen molar-refractivity contribution in [3.05, 3.63) is 34.3 Å². The number of carbonyl (C=O) groups is 2. The Balaban J connectivity index is 1.99. The van der Waals surface area contributed by atoms with Crippen LogP contribution in [0.25, 0.3) is 0 Å². The van der Waals surface area contributed by atoms with Crippen LogP contribution < -0.4 is 5.32 Å². The van der Waals surface area contributed by atoms with Gasteiger partial charge in [-0.15, -0.1) is 0 Å². The van der Waals surface area contributed by atoms with Crippen molar-refractivity contribution in [3.63, 3.8) is 0 Å². The van der Waals surface area contributed by atoms with E-state index in [9.17, 15) is 9.59 Å². The number of carbonyl (C=O) groups excluding carboxylic acids is 2. The quantitative estimate of drug-likeness (QED) is 0.713. The lowest BCUT2D eigenvalue weighted by atomic mass is 10.0. The first-order valence-corrected chi connectivity index (χ1v) is 9.62. The summed E-state index contributed by atoms with van der Waals surface area (Å²) in [5, 5.41) is 2.66. The molecule has 0 aromatic heterocycles. The first kappa shape index (κ1) is 20.4. The second-order valence-corrected chi connectivity index (χ2v) is 7.65. The van der Waals surface area contributed by atoms with Crippen LogP contribution in [0.1, 0.15) is 32.3 Å². The summed E-state index contributed by atoms with van der Waals surface area (Å²) in [6.45, 7) is 5.08. The molecule has 2 rings (SSSR count). The van der Waals surface area contributed by atoms with Gasteiger partial charge in [-0.25, -0.2) is 4.79 Å². The molecule has 0 spiro atoms. The molecule has 1 aromatic carbocycles. The lowest BCUT2D eigenvalue weighted by molar-refractivity contribution is -0.135. The molecule has 0 radical (unpaired) electrons. The largest absolute Gasteiger partial charge is 0.453 e. The van der Waals surface area contributed by atoms with Gasteiger partial charge in [-0.1, -0.05) is 41.9 Å². The molecule has 6 nitrogen and oxygen atoms in total. The van der Waals surface area contributed by atoms with Crippen molar-refractivity contribution in [2.75, 3.05) is 20.2 Å². The normalized spacial score (nSPS) is 18.3. The van der Waals surface area contributed by atoms with Gasteiger partial charge < -0.3 is 15.0 Å². The van der Waals surface area contributed by atoms with E-state index in [0.717, 1.165) is 22.9 Å². The van der Waals surface area contributed by atoms with Crippen molar-refractivity contribution < 1.29 is 14.3 Å². The van der Waals surface area contributed by atoms with Crippen LogP contribution in [-0.2, 0) is 9.53 Å². The van der Waals surface area contributed by atoms with E-state index < -0.39 is 12.1 Å². The number of halogens is 1. The zero-order valence-corrected chi connectivity index (χ0v) is 17.0. The summed E-state index contributed by atoms with van der Waals surface area (Å²) in [6.07, 6.45) is 3.13. The highest BCUT2D eigenvalue weighted by Gasteiger charge is 2.35. The zero-order chi connectivity index (χ0) is 19.1. The number of rotatable bonds is 6. The lowest BCUT2D eigenvalue weighted by Gasteiger charge is -2.30. The van der Waals surface area contributed by atoms with Gasteiger partial charge in [0.1, 0.15) is 6.04 Å². The van der Waals surface area contributed by atoms with Crippen LogP contribution in [-0.4, -0.2) is 55.4 Å².